The lowest BCUT2D eigenvalue weighted by Crippen LogP contribution is -1.98. The zero-order chi connectivity index (χ0) is 10.0. The van der Waals surface area contributed by atoms with Crippen molar-refractivity contribution in [2.45, 2.75) is 6.67 Å². The van der Waals surface area contributed by atoms with E-state index < -0.39 is 34.5 Å². The highest BCUT2D eigenvalue weighted by Gasteiger charge is 2.21. The van der Waals surface area contributed by atoms with E-state index in [1.165, 1.54) is 0 Å². The molecule has 1 aromatic rings. The van der Waals surface area contributed by atoms with Gasteiger partial charge in [0, 0.05) is 6.07 Å². The van der Waals surface area contributed by atoms with Gasteiger partial charge in [-0.25, -0.2) is 8.78 Å². The lowest BCUT2D eigenvalue weighted by atomic mass is 10.2. The molecule has 0 heterocycles. The third kappa shape index (κ3) is 1.77. The molecule has 0 aliphatic carbocycles. The molecule has 6 heteroatoms. The van der Waals surface area contributed by atoms with Crippen LogP contribution in [0, 0.1) is 21.7 Å². The fourth-order valence-electron chi connectivity index (χ4n) is 0.926. The van der Waals surface area contributed by atoms with Crippen LogP contribution in [0.4, 0.5) is 18.9 Å². The lowest BCUT2D eigenvalue weighted by Gasteiger charge is -1.99. The van der Waals surface area contributed by atoms with Crippen molar-refractivity contribution in [3.05, 3.63) is 39.4 Å². The van der Waals surface area contributed by atoms with E-state index in [1.807, 2.05) is 0 Å². The Morgan fingerprint density at radius 1 is 1.38 bits per heavy atom. The van der Waals surface area contributed by atoms with Crippen molar-refractivity contribution in [1.82, 2.24) is 0 Å². The first-order chi connectivity index (χ1) is 6.06. The van der Waals surface area contributed by atoms with Gasteiger partial charge in [0.05, 0.1) is 10.5 Å². The molecule has 1 aromatic carbocycles. The SMILES string of the molecule is O=[N+]([O-])c1c(F)cc(F)cc1CF. The zero-order valence-electron chi connectivity index (χ0n) is 6.26. The molecule has 0 aliphatic rings. The van der Waals surface area contributed by atoms with Crippen molar-refractivity contribution < 1.29 is 18.1 Å². The summed E-state index contributed by atoms with van der Waals surface area (Å²) in [5.41, 5.74) is -1.61. The predicted molar refractivity (Wildman–Crippen MR) is 37.8 cm³/mol. The molecular formula is C7H4F3NO2. The third-order valence-corrected chi connectivity index (χ3v) is 1.43. The number of rotatable bonds is 2. The molecule has 0 amide bonds. The number of nitro benzene ring substituents is 1. The minimum Gasteiger partial charge on any atom is -0.258 e. The van der Waals surface area contributed by atoms with Gasteiger partial charge in [0.25, 0.3) is 0 Å². The number of nitro groups is 1. The van der Waals surface area contributed by atoms with Crippen LogP contribution in [0.3, 0.4) is 0 Å². The molecule has 0 atom stereocenters. The van der Waals surface area contributed by atoms with E-state index >= 15 is 0 Å². The van der Waals surface area contributed by atoms with Gasteiger partial charge >= 0.3 is 5.69 Å². The second-order valence-electron chi connectivity index (χ2n) is 2.29. The number of nitrogens with zero attached hydrogens (tertiary/aromatic N) is 1. The number of hydrogen-bond acceptors (Lipinski definition) is 2. The summed E-state index contributed by atoms with van der Waals surface area (Å²) in [6.45, 7) is -1.27. The monoisotopic (exact) mass is 191 g/mol. The molecule has 13 heavy (non-hydrogen) atoms. The summed E-state index contributed by atoms with van der Waals surface area (Å²) in [7, 11) is 0. The normalized spacial score (nSPS) is 10.1. The summed E-state index contributed by atoms with van der Waals surface area (Å²) in [6.07, 6.45) is 0. The molecule has 3 nitrogen and oxygen atoms in total. The maximum absolute atomic E-state index is 12.7. The minimum atomic E-state index is -1.36. The van der Waals surface area contributed by atoms with Gasteiger partial charge in [-0.3, -0.25) is 10.1 Å². The first-order valence-electron chi connectivity index (χ1n) is 3.24. The second-order valence-corrected chi connectivity index (χ2v) is 2.29. The van der Waals surface area contributed by atoms with Crippen LogP contribution in [0.2, 0.25) is 0 Å². The van der Waals surface area contributed by atoms with Crippen LogP contribution < -0.4 is 0 Å². The Morgan fingerprint density at radius 3 is 2.46 bits per heavy atom. The number of alkyl halides is 1. The fourth-order valence-corrected chi connectivity index (χ4v) is 0.926. The molecule has 0 fully saturated rings. The van der Waals surface area contributed by atoms with E-state index in [4.69, 9.17) is 0 Å². The van der Waals surface area contributed by atoms with Gasteiger partial charge in [-0.05, 0) is 6.07 Å². The predicted octanol–water partition coefficient (Wildman–Crippen LogP) is 2.34. The first-order valence-corrected chi connectivity index (χ1v) is 3.24. The Morgan fingerprint density at radius 2 is 2.00 bits per heavy atom. The van der Waals surface area contributed by atoms with Crippen LogP contribution in [0.15, 0.2) is 12.1 Å². The van der Waals surface area contributed by atoms with E-state index in [9.17, 15) is 23.3 Å². The number of hydrogen-bond donors (Lipinski definition) is 0. The van der Waals surface area contributed by atoms with Gasteiger partial charge in [-0.2, -0.15) is 4.39 Å². The summed E-state index contributed by atoms with van der Waals surface area (Å²) in [4.78, 5) is 9.11. The van der Waals surface area contributed by atoms with Crippen LogP contribution in [-0.2, 0) is 6.67 Å². The molecule has 0 saturated heterocycles. The van der Waals surface area contributed by atoms with E-state index in [0.717, 1.165) is 0 Å². The highest BCUT2D eigenvalue weighted by Crippen LogP contribution is 2.24. The van der Waals surface area contributed by atoms with E-state index in [1.54, 1.807) is 0 Å². The largest absolute Gasteiger partial charge is 0.310 e. The van der Waals surface area contributed by atoms with Crippen molar-refractivity contribution in [3.63, 3.8) is 0 Å². The number of halogens is 3. The van der Waals surface area contributed by atoms with Gasteiger partial charge in [0.15, 0.2) is 0 Å². The maximum Gasteiger partial charge on any atom is 0.310 e. The molecule has 0 radical (unpaired) electrons. The molecule has 1 rings (SSSR count). The molecule has 70 valence electrons. The molecule has 0 unspecified atom stereocenters. The molecule has 0 bridgehead atoms. The smallest absolute Gasteiger partial charge is 0.258 e. The maximum atomic E-state index is 12.7. The molecular weight excluding hydrogens is 187 g/mol. The van der Waals surface area contributed by atoms with Crippen molar-refractivity contribution in [2.75, 3.05) is 0 Å². The minimum absolute atomic E-state index is 0.345. The van der Waals surface area contributed by atoms with Crippen LogP contribution in [0.5, 0.6) is 0 Å². The van der Waals surface area contributed by atoms with Crippen LogP contribution in [0.25, 0.3) is 0 Å². The van der Waals surface area contributed by atoms with E-state index in [-0.39, 0.29) is 0 Å². The highest BCUT2D eigenvalue weighted by atomic mass is 19.1. The average molecular weight is 191 g/mol. The zero-order valence-corrected chi connectivity index (χ0v) is 6.26. The van der Waals surface area contributed by atoms with Gasteiger partial charge in [0.1, 0.15) is 12.5 Å². The second kappa shape index (κ2) is 3.42. The fraction of sp³-hybridized carbons (Fsp3) is 0.143. The topological polar surface area (TPSA) is 43.1 Å². The van der Waals surface area contributed by atoms with Crippen molar-refractivity contribution in [3.8, 4) is 0 Å². The van der Waals surface area contributed by atoms with Gasteiger partial charge in [0.2, 0.25) is 5.82 Å². The van der Waals surface area contributed by atoms with E-state index in [0.29, 0.717) is 12.1 Å². The highest BCUT2D eigenvalue weighted by molar-refractivity contribution is 5.41. The van der Waals surface area contributed by atoms with Crippen LogP contribution >= 0.6 is 0 Å². The van der Waals surface area contributed by atoms with Gasteiger partial charge in [-0.15, -0.1) is 0 Å². The molecule has 0 aromatic heterocycles. The van der Waals surface area contributed by atoms with Crippen LogP contribution in [0.1, 0.15) is 5.56 Å². The standard InChI is InChI=1S/C7H4F3NO2/c8-3-4-1-5(9)2-6(10)7(4)11(12)13/h1-2H,3H2. The van der Waals surface area contributed by atoms with Crippen molar-refractivity contribution in [2.24, 2.45) is 0 Å². The molecule has 0 saturated carbocycles. The quantitative estimate of drug-likeness (QED) is 0.531. The van der Waals surface area contributed by atoms with Crippen molar-refractivity contribution >= 4 is 5.69 Å². The first kappa shape index (κ1) is 9.50. The summed E-state index contributed by atoms with van der Waals surface area (Å²) in [5, 5.41) is 10.2. The van der Waals surface area contributed by atoms with Gasteiger partial charge < -0.3 is 0 Å². The Balaban J connectivity index is 3.38. The lowest BCUT2D eigenvalue weighted by molar-refractivity contribution is -0.388. The summed E-state index contributed by atoms with van der Waals surface area (Å²) in [5.74, 6) is -2.40. The summed E-state index contributed by atoms with van der Waals surface area (Å²) >= 11 is 0. The van der Waals surface area contributed by atoms with E-state index in [2.05, 4.69) is 0 Å². The number of benzene rings is 1. The Labute approximate surface area is 70.9 Å². The average Bonchev–Trinajstić information content (AvgIpc) is 2.01. The Hall–Kier alpha value is -1.59. The molecule has 0 N–H and O–H groups in total. The van der Waals surface area contributed by atoms with Gasteiger partial charge in [-0.1, -0.05) is 0 Å². The summed E-state index contributed by atoms with van der Waals surface area (Å²) < 4.78 is 37.2. The summed E-state index contributed by atoms with van der Waals surface area (Å²) in [6, 6.07) is 0.943. The van der Waals surface area contributed by atoms with Crippen LogP contribution in [-0.4, -0.2) is 4.92 Å². The Kier molecular flexibility index (Phi) is 2.50. The Bertz CT molecular complexity index is 354. The molecule has 0 aliphatic heterocycles. The molecule has 0 spiro atoms. The third-order valence-electron chi connectivity index (χ3n) is 1.43. The van der Waals surface area contributed by atoms with Crippen molar-refractivity contribution in [1.29, 1.82) is 0 Å².